The Labute approximate surface area is 175 Å². The first-order chi connectivity index (χ1) is 14.6. The third kappa shape index (κ3) is 2.60. The number of ether oxygens (including phenoxy) is 2. The van der Waals surface area contributed by atoms with Gasteiger partial charge in [0.15, 0.2) is 5.79 Å². The van der Waals surface area contributed by atoms with Crippen LogP contribution in [-0.4, -0.2) is 48.8 Å². The van der Waals surface area contributed by atoms with Crippen molar-refractivity contribution >= 4 is 0 Å². The van der Waals surface area contributed by atoms with Crippen LogP contribution in [0.2, 0.25) is 0 Å². The maximum absolute atomic E-state index is 6.05. The number of imidazole rings is 1. The minimum Gasteiger partial charge on any atom is -0.348 e. The summed E-state index contributed by atoms with van der Waals surface area (Å²) >= 11 is 0. The van der Waals surface area contributed by atoms with E-state index < -0.39 is 0 Å². The Bertz CT molecular complexity index is 1080. The van der Waals surface area contributed by atoms with Crippen LogP contribution in [0.3, 0.4) is 0 Å². The zero-order valence-electron chi connectivity index (χ0n) is 17.4. The number of hydrogen-bond donors (Lipinski definition) is 0. The Balaban J connectivity index is 1.49. The second kappa shape index (κ2) is 6.46. The molecule has 1 spiro atoms. The van der Waals surface area contributed by atoms with Crippen molar-refractivity contribution in [2.45, 2.75) is 50.2 Å². The second-order valence-electron chi connectivity index (χ2n) is 8.98. The number of hydrogen-bond acceptors (Lipinski definition) is 6. The molecule has 2 aromatic heterocycles. The molecule has 2 atom stereocenters. The second-order valence-corrected chi connectivity index (χ2v) is 8.98. The lowest BCUT2D eigenvalue weighted by Crippen LogP contribution is -2.49. The molecule has 0 N–H and O–H groups in total. The summed E-state index contributed by atoms with van der Waals surface area (Å²) in [6.07, 6.45) is 4.88. The third-order valence-corrected chi connectivity index (χ3v) is 7.27. The molecule has 2 fully saturated rings. The molecule has 3 aliphatic rings. The monoisotopic (exact) mass is 406 g/mol. The van der Waals surface area contributed by atoms with E-state index in [-0.39, 0.29) is 11.2 Å². The van der Waals surface area contributed by atoms with Crippen molar-refractivity contribution < 1.29 is 9.47 Å². The zero-order valence-corrected chi connectivity index (χ0v) is 17.4. The fourth-order valence-electron chi connectivity index (χ4n) is 5.66. The number of benzene rings is 1. The molecule has 3 aromatic rings. The molecule has 1 saturated heterocycles. The van der Waals surface area contributed by atoms with Gasteiger partial charge in [-0.2, -0.15) is 4.80 Å². The summed E-state index contributed by atoms with van der Waals surface area (Å²) in [6.45, 7) is 3.79. The molecule has 0 radical (unpaired) electrons. The highest BCUT2D eigenvalue weighted by Crippen LogP contribution is 2.54. The van der Waals surface area contributed by atoms with Gasteiger partial charge in [-0.05, 0) is 30.4 Å². The standard InChI is InChI=1S/C22H26N6O2/c1-21-10-11-22(29-12-13-30-22)14-16(21)8-9-17-18(21)23-19(15-6-4-3-5-7-15)28(17)20-24-26-27(2)25-20/h3-7,16H,8-14H2,1-2H3. The molecule has 30 heavy (non-hydrogen) atoms. The molecule has 1 aliphatic heterocycles. The molecule has 0 bridgehead atoms. The Morgan fingerprint density at radius 1 is 1.10 bits per heavy atom. The largest absolute Gasteiger partial charge is 0.348 e. The molecule has 2 aliphatic carbocycles. The van der Waals surface area contributed by atoms with Gasteiger partial charge in [0, 0.05) is 29.5 Å². The first-order valence-electron chi connectivity index (χ1n) is 10.8. The van der Waals surface area contributed by atoms with E-state index in [1.807, 2.05) is 18.2 Å². The van der Waals surface area contributed by atoms with Crippen LogP contribution in [0, 0.1) is 5.92 Å². The number of nitrogens with zero attached hydrogens (tertiary/aromatic N) is 6. The van der Waals surface area contributed by atoms with Gasteiger partial charge in [0.25, 0.3) is 5.95 Å². The topological polar surface area (TPSA) is 79.9 Å². The summed E-state index contributed by atoms with van der Waals surface area (Å²) in [6, 6.07) is 10.3. The van der Waals surface area contributed by atoms with E-state index in [0.717, 1.165) is 43.5 Å². The summed E-state index contributed by atoms with van der Waals surface area (Å²) in [5.74, 6) is 1.59. The van der Waals surface area contributed by atoms with Crippen LogP contribution in [0.5, 0.6) is 0 Å². The van der Waals surface area contributed by atoms with Gasteiger partial charge >= 0.3 is 0 Å². The fraction of sp³-hybridized carbons (Fsp3) is 0.545. The van der Waals surface area contributed by atoms with Gasteiger partial charge < -0.3 is 9.47 Å². The van der Waals surface area contributed by atoms with E-state index in [2.05, 4.69) is 39.0 Å². The van der Waals surface area contributed by atoms with Crippen molar-refractivity contribution in [3.8, 4) is 17.3 Å². The highest BCUT2D eigenvalue weighted by atomic mass is 16.7. The Morgan fingerprint density at radius 2 is 1.90 bits per heavy atom. The molecule has 8 nitrogen and oxygen atoms in total. The molecular weight excluding hydrogens is 380 g/mol. The molecule has 3 heterocycles. The molecular formula is C22H26N6O2. The number of rotatable bonds is 2. The van der Waals surface area contributed by atoms with Crippen LogP contribution in [-0.2, 0) is 28.4 Å². The summed E-state index contributed by atoms with van der Waals surface area (Å²) in [5.41, 5.74) is 3.45. The number of fused-ring (bicyclic) bond motifs is 3. The van der Waals surface area contributed by atoms with Gasteiger partial charge in [-0.15, -0.1) is 5.10 Å². The predicted molar refractivity (Wildman–Crippen MR) is 109 cm³/mol. The van der Waals surface area contributed by atoms with E-state index in [1.54, 1.807) is 7.05 Å². The third-order valence-electron chi connectivity index (χ3n) is 7.27. The lowest BCUT2D eigenvalue weighted by atomic mass is 9.59. The zero-order chi connectivity index (χ0) is 20.3. The van der Waals surface area contributed by atoms with Gasteiger partial charge in [-0.1, -0.05) is 42.4 Å². The molecule has 1 saturated carbocycles. The minimum atomic E-state index is -0.376. The fourth-order valence-corrected chi connectivity index (χ4v) is 5.66. The van der Waals surface area contributed by atoms with Crippen molar-refractivity contribution in [3.05, 3.63) is 41.7 Å². The van der Waals surface area contributed by atoms with E-state index in [0.29, 0.717) is 25.1 Å². The van der Waals surface area contributed by atoms with Gasteiger partial charge in [0.05, 0.1) is 26.0 Å². The van der Waals surface area contributed by atoms with E-state index in [1.165, 1.54) is 16.2 Å². The normalized spacial score (nSPS) is 27.2. The van der Waals surface area contributed by atoms with Gasteiger partial charge in [0.2, 0.25) is 0 Å². The van der Waals surface area contributed by atoms with Crippen molar-refractivity contribution in [2.24, 2.45) is 13.0 Å². The average molecular weight is 406 g/mol. The molecule has 156 valence electrons. The summed E-state index contributed by atoms with van der Waals surface area (Å²) in [7, 11) is 1.79. The SMILES string of the molecule is Cn1nnc(-n2c(-c3ccccc3)nc3c2CCC2CC4(CCC32C)OCCO4)n1. The van der Waals surface area contributed by atoms with Crippen LogP contribution in [0.4, 0.5) is 0 Å². The smallest absolute Gasteiger partial charge is 0.276 e. The number of aromatic nitrogens is 6. The average Bonchev–Trinajstić information content (AvgIpc) is 3.48. The van der Waals surface area contributed by atoms with Crippen molar-refractivity contribution in [1.29, 1.82) is 0 Å². The maximum Gasteiger partial charge on any atom is 0.276 e. The van der Waals surface area contributed by atoms with E-state index >= 15 is 0 Å². The molecule has 8 heteroatoms. The molecule has 1 aromatic carbocycles. The lowest BCUT2D eigenvalue weighted by molar-refractivity contribution is -0.199. The van der Waals surface area contributed by atoms with E-state index in [4.69, 9.17) is 14.5 Å². The van der Waals surface area contributed by atoms with Crippen molar-refractivity contribution in [2.75, 3.05) is 13.2 Å². The van der Waals surface area contributed by atoms with Gasteiger partial charge in [-0.25, -0.2) is 4.98 Å². The molecule has 0 amide bonds. The van der Waals surface area contributed by atoms with Crippen molar-refractivity contribution in [1.82, 2.24) is 29.8 Å². The lowest BCUT2D eigenvalue weighted by Gasteiger charge is -2.49. The van der Waals surface area contributed by atoms with Crippen molar-refractivity contribution in [3.63, 3.8) is 0 Å². The van der Waals surface area contributed by atoms with Gasteiger partial charge in [-0.3, -0.25) is 4.57 Å². The van der Waals surface area contributed by atoms with Crippen LogP contribution in [0.25, 0.3) is 17.3 Å². The Hall–Kier alpha value is -2.58. The first kappa shape index (κ1) is 18.2. The van der Waals surface area contributed by atoms with Crippen LogP contribution < -0.4 is 0 Å². The number of tetrazole rings is 1. The van der Waals surface area contributed by atoms with Crippen LogP contribution in [0.1, 0.15) is 44.0 Å². The highest BCUT2D eigenvalue weighted by Gasteiger charge is 2.54. The minimum absolute atomic E-state index is 0.00880. The van der Waals surface area contributed by atoms with Crippen LogP contribution >= 0.6 is 0 Å². The number of aryl methyl sites for hydroxylation is 1. The maximum atomic E-state index is 6.05. The summed E-state index contributed by atoms with van der Waals surface area (Å²) in [5, 5.41) is 12.9. The van der Waals surface area contributed by atoms with E-state index in [9.17, 15) is 0 Å². The Kier molecular flexibility index (Phi) is 3.92. The van der Waals surface area contributed by atoms with Gasteiger partial charge in [0.1, 0.15) is 5.82 Å². The quantitative estimate of drug-likeness (QED) is 0.651. The Morgan fingerprint density at radius 3 is 2.63 bits per heavy atom. The molecule has 2 unspecified atom stereocenters. The molecule has 6 rings (SSSR count). The highest BCUT2D eigenvalue weighted by molar-refractivity contribution is 5.60. The predicted octanol–water partition coefficient (Wildman–Crippen LogP) is 2.81. The summed E-state index contributed by atoms with van der Waals surface area (Å²) < 4.78 is 14.2. The first-order valence-corrected chi connectivity index (χ1v) is 10.8. The summed E-state index contributed by atoms with van der Waals surface area (Å²) in [4.78, 5) is 6.75. The van der Waals surface area contributed by atoms with Crippen LogP contribution in [0.15, 0.2) is 30.3 Å².